The van der Waals surface area contributed by atoms with E-state index in [4.69, 9.17) is 4.74 Å². The quantitative estimate of drug-likeness (QED) is 0.555. The maximum Gasteiger partial charge on any atom is 0.279 e. The average molecular weight is 414 g/mol. The molecule has 1 fully saturated rings. The largest absolute Gasteiger partial charge is 0.379 e. The lowest BCUT2D eigenvalue weighted by Crippen LogP contribution is -2.43. The van der Waals surface area contributed by atoms with Gasteiger partial charge >= 0.3 is 0 Å². The van der Waals surface area contributed by atoms with Crippen molar-refractivity contribution in [3.05, 3.63) is 93.1 Å². The van der Waals surface area contributed by atoms with Crippen LogP contribution in [0.15, 0.2) is 76.4 Å². The number of pyridine rings is 1. The summed E-state index contributed by atoms with van der Waals surface area (Å²) in [7, 11) is 1.69. The first-order chi connectivity index (χ1) is 15.0. The lowest BCUT2D eigenvalue weighted by Gasteiger charge is -2.38. The van der Waals surface area contributed by atoms with E-state index < -0.39 is 0 Å². The molecule has 7 heteroatoms. The summed E-state index contributed by atoms with van der Waals surface area (Å²) in [5, 5.41) is 8.89. The molecule has 2 aromatic heterocycles. The highest BCUT2D eigenvalue weighted by Crippen LogP contribution is 2.32. The van der Waals surface area contributed by atoms with Gasteiger partial charge in [0.25, 0.3) is 11.1 Å². The summed E-state index contributed by atoms with van der Waals surface area (Å²) in [4.78, 5) is 25.7. The smallest absolute Gasteiger partial charge is 0.279 e. The number of aromatic nitrogens is 3. The van der Waals surface area contributed by atoms with E-state index in [1.807, 2.05) is 42.5 Å². The Balaban J connectivity index is 1.64. The van der Waals surface area contributed by atoms with Crippen LogP contribution in [0.1, 0.15) is 12.5 Å². The Morgan fingerprint density at radius 1 is 0.935 bits per heavy atom. The van der Waals surface area contributed by atoms with E-state index in [0.29, 0.717) is 41.2 Å². The van der Waals surface area contributed by atoms with Gasteiger partial charge in [-0.25, -0.2) is 0 Å². The van der Waals surface area contributed by atoms with Crippen molar-refractivity contribution in [2.75, 3.05) is 18.5 Å². The van der Waals surface area contributed by atoms with Gasteiger partial charge in [-0.15, -0.1) is 5.10 Å². The van der Waals surface area contributed by atoms with Crippen molar-refractivity contribution in [2.24, 2.45) is 7.05 Å². The Hall–Kier alpha value is -3.71. The summed E-state index contributed by atoms with van der Waals surface area (Å²) >= 11 is 0. The average Bonchev–Trinajstić information content (AvgIpc) is 2.77. The molecule has 0 saturated carbocycles. The van der Waals surface area contributed by atoms with Crippen LogP contribution in [-0.4, -0.2) is 27.6 Å². The highest BCUT2D eigenvalue weighted by molar-refractivity contribution is 5.92. The molecular weight excluding hydrogens is 392 g/mol. The van der Waals surface area contributed by atoms with Crippen LogP contribution in [0.3, 0.4) is 0 Å². The second-order valence-corrected chi connectivity index (χ2v) is 8.17. The van der Waals surface area contributed by atoms with E-state index in [1.165, 1.54) is 14.8 Å². The normalized spacial score (nSPS) is 14.9. The van der Waals surface area contributed by atoms with Gasteiger partial charge in [0.1, 0.15) is 5.69 Å². The van der Waals surface area contributed by atoms with Crippen molar-refractivity contribution in [3.8, 4) is 5.69 Å². The predicted octanol–water partition coefficient (Wildman–Crippen LogP) is 3.12. The lowest BCUT2D eigenvalue weighted by atomic mass is 9.81. The number of nitrogens with one attached hydrogen (secondary N) is 1. The van der Waals surface area contributed by atoms with Crippen molar-refractivity contribution in [3.63, 3.8) is 0 Å². The molecule has 0 spiro atoms. The Morgan fingerprint density at radius 2 is 1.65 bits per heavy atom. The van der Waals surface area contributed by atoms with Crippen LogP contribution < -0.4 is 16.4 Å². The molecule has 0 atom stereocenters. The summed E-state index contributed by atoms with van der Waals surface area (Å²) in [6.07, 6.45) is 1.69. The van der Waals surface area contributed by atoms with Crippen LogP contribution in [0.5, 0.6) is 0 Å². The van der Waals surface area contributed by atoms with Crippen LogP contribution in [0.4, 0.5) is 11.5 Å². The topological polar surface area (TPSA) is 78.2 Å². The Morgan fingerprint density at radius 3 is 2.32 bits per heavy atom. The van der Waals surface area contributed by atoms with E-state index in [9.17, 15) is 9.59 Å². The fourth-order valence-corrected chi connectivity index (χ4v) is 3.86. The van der Waals surface area contributed by atoms with Gasteiger partial charge in [-0.3, -0.25) is 9.59 Å². The molecule has 31 heavy (non-hydrogen) atoms. The van der Waals surface area contributed by atoms with Gasteiger partial charge in [-0.2, -0.15) is 4.68 Å². The van der Waals surface area contributed by atoms with Crippen molar-refractivity contribution < 1.29 is 4.74 Å². The zero-order chi connectivity index (χ0) is 21.6. The van der Waals surface area contributed by atoms with Crippen molar-refractivity contribution in [1.29, 1.82) is 0 Å². The minimum atomic E-state index is -0.215. The minimum absolute atomic E-state index is 0.0143. The fraction of sp³-hybridized carbons (Fsp3) is 0.208. The standard InChI is InChI=1S/C24H22N4O3/c1-24(14-31-15-24)16-9-11-17(12-10-16)28-22(29)19-7-4-3-6-18(19)21(26-28)25-20-8-5-13-27(2)23(20)30/h3-13H,14-15H2,1-2H3,(H,25,26). The van der Waals surface area contributed by atoms with Crippen LogP contribution in [0.2, 0.25) is 0 Å². The highest BCUT2D eigenvalue weighted by atomic mass is 16.5. The Labute approximate surface area is 178 Å². The van der Waals surface area contributed by atoms with Crippen molar-refractivity contribution in [2.45, 2.75) is 12.3 Å². The van der Waals surface area contributed by atoms with E-state index in [0.717, 1.165) is 0 Å². The summed E-state index contributed by atoms with van der Waals surface area (Å²) in [6, 6.07) is 18.6. The maximum absolute atomic E-state index is 13.2. The summed E-state index contributed by atoms with van der Waals surface area (Å²) in [5.41, 5.74) is 1.84. The van der Waals surface area contributed by atoms with Crippen LogP contribution in [0, 0.1) is 0 Å². The summed E-state index contributed by atoms with van der Waals surface area (Å²) < 4.78 is 8.23. The third-order valence-corrected chi connectivity index (χ3v) is 5.83. The molecule has 2 aromatic carbocycles. The molecule has 1 saturated heterocycles. The number of aryl methyl sites for hydroxylation is 1. The summed E-state index contributed by atoms with van der Waals surface area (Å²) in [6.45, 7) is 3.55. The van der Waals surface area contributed by atoms with Crippen LogP contribution in [-0.2, 0) is 17.2 Å². The molecule has 0 unspecified atom stereocenters. The highest BCUT2D eigenvalue weighted by Gasteiger charge is 2.35. The van der Waals surface area contributed by atoms with E-state index in [1.54, 1.807) is 31.4 Å². The molecular formula is C24H22N4O3. The number of hydrogen-bond acceptors (Lipinski definition) is 5. The molecule has 4 aromatic rings. The third-order valence-electron chi connectivity index (χ3n) is 5.83. The molecule has 0 aliphatic carbocycles. The molecule has 7 nitrogen and oxygen atoms in total. The van der Waals surface area contributed by atoms with Crippen LogP contribution >= 0.6 is 0 Å². The number of rotatable bonds is 4. The van der Waals surface area contributed by atoms with Crippen molar-refractivity contribution in [1.82, 2.24) is 14.3 Å². The number of fused-ring (bicyclic) bond motifs is 1. The number of hydrogen-bond donors (Lipinski definition) is 1. The second-order valence-electron chi connectivity index (χ2n) is 8.17. The first-order valence-corrected chi connectivity index (χ1v) is 10.1. The zero-order valence-electron chi connectivity index (χ0n) is 17.3. The number of benzene rings is 2. The monoisotopic (exact) mass is 414 g/mol. The van der Waals surface area contributed by atoms with E-state index in [2.05, 4.69) is 17.3 Å². The molecule has 1 N–H and O–H groups in total. The first kappa shape index (κ1) is 19.3. The lowest BCUT2D eigenvalue weighted by molar-refractivity contribution is -0.0500. The van der Waals surface area contributed by atoms with E-state index in [-0.39, 0.29) is 16.5 Å². The molecule has 156 valence electrons. The van der Waals surface area contributed by atoms with Crippen molar-refractivity contribution >= 4 is 22.3 Å². The number of anilines is 2. The predicted molar refractivity (Wildman–Crippen MR) is 120 cm³/mol. The molecule has 0 amide bonds. The number of nitrogens with zero attached hydrogens (tertiary/aromatic N) is 3. The third kappa shape index (κ3) is 3.23. The first-order valence-electron chi connectivity index (χ1n) is 10.1. The van der Waals surface area contributed by atoms with Gasteiger partial charge < -0.3 is 14.6 Å². The van der Waals surface area contributed by atoms with Crippen LogP contribution in [0.25, 0.3) is 16.5 Å². The van der Waals surface area contributed by atoms with Gasteiger partial charge in [-0.1, -0.05) is 37.3 Å². The van der Waals surface area contributed by atoms with Gasteiger partial charge in [0.2, 0.25) is 0 Å². The minimum Gasteiger partial charge on any atom is -0.379 e. The molecule has 5 rings (SSSR count). The van der Waals surface area contributed by atoms with E-state index >= 15 is 0 Å². The maximum atomic E-state index is 13.2. The SMILES string of the molecule is Cn1cccc(Nc2nn(-c3ccc(C4(C)COC4)cc3)c(=O)c3ccccc23)c1=O. The van der Waals surface area contributed by atoms with Gasteiger partial charge in [0.05, 0.1) is 24.3 Å². The van der Waals surface area contributed by atoms with Gasteiger partial charge in [0, 0.05) is 24.0 Å². The summed E-state index contributed by atoms with van der Waals surface area (Å²) in [5.74, 6) is 0.446. The van der Waals surface area contributed by atoms with Gasteiger partial charge in [0.15, 0.2) is 5.82 Å². The molecule has 1 aliphatic rings. The zero-order valence-corrected chi connectivity index (χ0v) is 17.3. The second kappa shape index (κ2) is 7.21. The Kier molecular flexibility index (Phi) is 4.48. The number of ether oxygens (including phenoxy) is 1. The Bertz CT molecular complexity index is 1400. The molecule has 1 aliphatic heterocycles. The molecule has 0 radical (unpaired) electrons. The fourth-order valence-electron chi connectivity index (χ4n) is 3.86. The molecule has 3 heterocycles. The molecule has 0 bridgehead atoms. The van der Waals surface area contributed by atoms with Gasteiger partial charge in [-0.05, 0) is 35.9 Å².